The molecular formula is C13H20N4OS. The van der Waals surface area contributed by atoms with Crippen molar-refractivity contribution in [2.24, 2.45) is 0 Å². The number of aromatic nitrogens is 1. The van der Waals surface area contributed by atoms with Gasteiger partial charge in [-0.05, 0) is 12.1 Å². The molecular weight excluding hydrogens is 260 g/mol. The Balaban J connectivity index is 1.77. The Morgan fingerprint density at radius 3 is 3.00 bits per heavy atom. The van der Waals surface area contributed by atoms with Crippen LogP contribution in [0.15, 0.2) is 18.3 Å². The van der Waals surface area contributed by atoms with Crippen LogP contribution < -0.4 is 10.6 Å². The molecule has 1 fully saturated rings. The van der Waals surface area contributed by atoms with Gasteiger partial charge in [0.25, 0.3) is 5.91 Å². The van der Waals surface area contributed by atoms with Gasteiger partial charge < -0.3 is 10.6 Å². The van der Waals surface area contributed by atoms with Crippen LogP contribution in [0.1, 0.15) is 10.5 Å². The standard InChI is InChI=1S/C13H20N4OS/c1-14-11-2-3-15-12(10-11)13(18)16-4-5-17-6-8-19-9-7-17/h2-3,10H,4-9H2,1H3,(H,14,15)(H,16,18). The Kier molecular flexibility index (Phi) is 5.47. The highest BCUT2D eigenvalue weighted by atomic mass is 32.2. The van der Waals surface area contributed by atoms with E-state index in [1.165, 1.54) is 11.5 Å². The second-order valence-corrected chi connectivity index (χ2v) is 5.61. The van der Waals surface area contributed by atoms with Crippen LogP contribution in [0.5, 0.6) is 0 Å². The van der Waals surface area contributed by atoms with Crippen LogP contribution in [-0.4, -0.2) is 60.5 Å². The van der Waals surface area contributed by atoms with E-state index in [9.17, 15) is 4.79 Å². The van der Waals surface area contributed by atoms with Crippen LogP contribution in [0.2, 0.25) is 0 Å². The maximum Gasteiger partial charge on any atom is 0.269 e. The lowest BCUT2D eigenvalue weighted by Crippen LogP contribution is -2.39. The third kappa shape index (κ3) is 4.40. The number of anilines is 1. The summed E-state index contributed by atoms with van der Waals surface area (Å²) in [5.41, 5.74) is 1.36. The molecule has 0 radical (unpaired) electrons. The van der Waals surface area contributed by atoms with Crippen LogP contribution in [0.4, 0.5) is 5.69 Å². The van der Waals surface area contributed by atoms with E-state index < -0.39 is 0 Å². The van der Waals surface area contributed by atoms with Crippen molar-refractivity contribution in [1.82, 2.24) is 15.2 Å². The minimum Gasteiger partial charge on any atom is -0.388 e. The van der Waals surface area contributed by atoms with E-state index in [1.54, 1.807) is 12.3 Å². The molecule has 0 unspecified atom stereocenters. The fraction of sp³-hybridized carbons (Fsp3) is 0.538. The van der Waals surface area contributed by atoms with Gasteiger partial charge in [0.15, 0.2) is 0 Å². The summed E-state index contributed by atoms with van der Waals surface area (Å²) in [6, 6.07) is 3.59. The third-order valence-electron chi connectivity index (χ3n) is 3.10. The van der Waals surface area contributed by atoms with Gasteiger partial charge in [0.1, 0.15) is 5.69 Å². The minimum atomic E-state index is -0.108. The third-order valence-corrected chi connectivity index (χ3v) is 4.04. The van der Waals surface area contributed by atoms with Crippen molar-refractivity contribution < 1.29 is 4.79 Å². The fourth-order valence-electron chi connectivity index (χ4n) is 1.95. The SMILES string of the molecule is CNc1ccnc(C(=O)NCCN2CCSCC2)c1. The first-order valence-corrected chi connectivity index (χ1v) is 7.67. The van der Waals surface area contributed by atoms with Crippen LogP contribution in [0.3, 0.4) is 0 Å². The monoisotopic (exact) mass is 280 g/mol. The van der Waals surface area contributed by atoms with Crippen molar-refractivity contribution in [3.05, 3.63) is 24.0 Å². The first kappa shape index (κ1) is 14.1. The van der Waals surface area contributed by atoms with Gasteiger partial charge in [0.05, 0.1) is 0 Å². The summed E-state index contributed by atoms with van der Waals surface area (Å²) in [5, 5.41) is 5.92. The topological polar surface area (TPSA) is 57.3 Å². The number of hydrogen-bond donors (Lipinski definition) is 2. The maximum atomic E-state index is 11.9. The molecule has 1 saturated heterocycles. The molecule has 0 bridgehead atoms. The number of thioether (sulfide) groups is 1. The van der Waals surface area contributed by atoms with Gasteiger partial charge in [-0.15, -0.1) is 0 Å². The molecule has 1 aromatic heterocycles. The molecule has 2 N–H and O–H groups in total. The summed E-state index contributed by atoms with van der Waals surface area (Å²) in [6.45, 7) is 3.83. The van der Waals surface area contributed by atoms with Crippen molar-refractivity contribution in [1.29, 1.82) is 0 Å². The van der Waals surface area contributed by atoms with Crippen molar-refractivity contribution in [3.8, 4) is 0 Å². The summed E-state index contributed by atoms with van der Waals surface area (Å²) in [6.07, 6.45) is 1.64. The smallest absolute Gasteiger partial charge is 0.269 e. The highest BCUT2D eigenvalue weighted by molar-refractivity contribution is 7.99. The lowest BCUT2D eigenvalue weighted by molar-refractivity contribution is 0.0944. The summed E-state index contributed by atoms with van der Waals surface area (Å²) >= 11 is 1.99. The van der Waals surface area contributed by atoms with Crippen LogP contribution in [0.25, 0.3) is 0 Å². The Bertz CT molecular complexity index is 421. The van der Waals surface area contributed by atoms with Gasteiger partial charge in [-0.2, -0.15) is 11.8 Å². The number of nitrogens with zero attached hydrogens (tertiary/aromatic N) is 2. The molecule has 19 heavy (non-hydrogen) atoms. The molecule has 6 heteroatoms. The number of pyridine rings is 1. The van der Waals surface area contributed by atoms with E-state index >= 15 is 0 Å². The first-order chi connectivity index (χ1) is 9.29. The summed E-state index contributed by atoms with van der Waals surface area (Å²) in [5.74, 6) is 2.28. The van der Waals surface area contributed by atoms with Crippen LogP contribution in [-0.2, 0) is 0 Å². The molecule has 104 valence electrons. The summed E-state index contributed by atoms with van der Waals surface area (Å²) in [7, 11) is 1.82. The Hall–Kier alpha value is -1.27. The lowest BCUT2D eigenvalue weighted by Gasteiger charge is -2.25. The zero-order valence-electron chi connectivity index (χ0n) is 11.2. The second kappa shape index (κ2) is 7.35. The zero-order chi connectivity index (χ0) is 13.5. The second-order valence-electron chi connectivity index (χ2n) is 4.39. The molecule has 1 aliphatic heterocycles. The van der Waals surface area contributed by atoms with Gasteiger partial charge >= 0.3 is 0 Å². The predicted molar refractivity (Wildman–Crippen MR) is 79.9 cm³/mol. The molecule has 0 spiro atoms. The normalized spacial score (nSPS) is 16.1. The predicted octanol–water partition coefficient (Wildman–Crippen LogP) is 0.902. The van der Waals surface area contributed by atoms with Crippen LogP contribution in [0, 0.1) is 0 Å². The fourth-order valence-corrected chi connectivity index (χ4v) is 2.93. The molecule has 1 amide bonds. The molecule has 2 heterocycles. The van der Waals surface area contributed by atoms with E-state index in [-0.39, 0.29) is 5.91 Å². The average molecular weight is 280 g/mol. The Morgan fingerprint density at radius 2 is 2.26 bits per heavy atom. The molecule has 0 atom stereocenters. The number of nitrogens with one attached hydrogen (secondary N) is 2. The summed E-state index contributed by atoms with van der Waals surface area (Å²) in [4.78, 5) is 18.4. The van der Waals surface area contributed by atoms with Gasteiger partial charge in [-0.25, -0.2) is 0 Å². The van der Waals surface area contributed by atoms with E-state index in [2.05, 4.69) is 20.5 Å². The van der Waals surface area contributed by atoms with Crippen molar-refractivity contribution in [2.45, 2.75) is 0 Å². The molecule has 0 saturated carbocycles. The Labute approximate surface area is 118 Å². The van der Waals surface area contributed by atoms with Gasteiger partial charge in [-0.1, -0.05) is 0 Å². The van der Waals surface area contributed by atoms with Crippen molar-refractivity contribution >= 4 is 23.4 Å². The van der Waals surface area contributed by atoms with Crippen molar-refractivity contribution in [2.75, 3.05) is 50.0 Å². The van der Waals surface area contributed by atoms with E-state index in [0.717, 1.165) is 25.3 Å². The number of carbonyl (C=O) groups is 1. The Morgan fingerprint density at radius 1 is 1.47 bits per heavy atom. The van der Waals surface area contributed by atoms with Gasteiger partial charge in [0.2, 0.25) is 0 Å². The largest absolute Gasteiger partial charge is 0.388 e. The average Bonchev–Trinajstić information content (AvgIpc) is 2.48. The quantitative estimate of drug-likeness (QED) is 0.839. The molecule has 1 aliphatic rings. The van der Waals surface area contributed by atoms with E-state index in [4.69, 9.17) is 0 Å². The molecule has 0 aromatic carbocycles. The molecule has 0 aliphatic carbocycles. The number of amides is 1. The lowest BCUT2D eigenvalue weighted by atomic mass is 10.3. The maximum absolute atomic E-state index is 11.9. The van der Waals surface area contributed by atoms with Crippen molar-refractivity contribution in [3.63, 3.8) is 0 Å². The number of carbonyl (C=O) groups excluding carboxylic acids is 1. The minimum absolute atomic E-state index is 0.108. The number of rotatable bonds is 5. The van der Waals surface area contributed by atoms with E-state index in [1.807, 2.05) is 24.9 Å². The van der Waals surface area contributed by atoms with E-state index in [0.29, 0.717) is 12.2 Å². The van der Waals surface area contributed by atoms with Crippen LogP contribution >= 0.6 is 11.8 Å². The van der Waals surface area contributed by atoms with Gasteiger partial charge in [0, 0.05) is 56.6 Å². The first-order valence-electron chi connectivity index (χ1n) is 6.51. The highest BCUT2D eigenvalue weighted by Crippen LogP contribution is 2.08. The molecule has 1 aromatic rings. The zero-order valence-corrected chi connectivity index (χ0v) is 12.0. The molecule has 5 nitrogen and oxygen atoms in total. The number of hydrogen-bond acceptors (Lipinski definition) is 5. The summed E-state index contributed by atoms with van der Waals surface area (Å²) < 4.78 is 0. The highest BCUT2D eigenvalue weighted by Gasteiger charge is 2.11. The molecule has 2 rings (SSSR count). The van der Waals surface area contributed by atoms with Gasteiger partial charge in [-0.3, -0.25) is 14.7 Å².